The van der Waals surface area contributed by atoms with Gasteiger partial charge in [0.15, 0.2) is 0 Å². The van der Waals surface area contributed by atoms with E-state index in [9.17, 15) is 8.42 Å². The van der Waals surface area contributed by atoms with Crippen molar-refractivity contribution in [3.63, 3.8) is 0 Å². The van der Waals surface area contributed by atoms with E-state index >= 15 is 0 Å². The first-order valence-electron chi connectivity index (χ1n) is 5.27. The molecule has 0 radical (unpaired) electrons. The first-order valence-corrected chi connectivity index (χ1v) is 7.55. The Kier molecular flexibility index (Phi) is 4.95. The lowest BCUT2D eigenvalue weighted by atomic mass is 10.2. The normalized spacial score (nSPS) is 12.0. The minimum Gasteiger partial charge on any atom is -0.208 e. The summed E-state index contributed by atoms with van der Waals surface area (Å²) in [5, 5.41) is 0. The van der Waals surface area contributed by atoms with E-state index in [4.69, 9.17) is 0 Å². The summed E-state index contributed by atoms with van der Waals surface area (Å²) in [7, 11) is -3.39. The SMILES string of the molecule is CCC(CC)NS(=O)(=O)c1cccc(Br)c1. The molecule has 3 nitrogen and oxygen atoms in total. The summed E-state index contributed by atoms with van der Waals surface area (Å²) in [5.41, 5.74) is 0. The van der Waals surface area contributed by atoms with Gasteiger partial charge < -0.3 is 0 Å². The Morgan fingerprint density at radius 3 is 2.44 bits per heavy atom. The summed E-state index contributed by atoms with van der Waals surface area (Å²) in [4.78, 5) is 0.300. The Hall–Kier alpha value is -0.390. The maximum absolute atomic E-state index is 12.0. The molecule has 0 saturated carbocycles. The van der Waals surface area contributed by atoms with Crippen LogP contribution in [0.1, 0.15) is 26.7 Å². The zero-order valence-corrected chi connectivity index (χ0v) is 11.8. The number of rotatable bonds is 5. The molecule has 0 heterocycles. The Morgan fingerprint density at radius 1 is 1.31 bits per heavy atom. The van der Waals surface area contributed by atoms with Crippen LogP contribution in [-0.4, -0.2) is 14.5 Å². The minimum atomic E-state index is -3.39. The van der Waals surface area contributed by atoms with Crippen LogP contribution in [0.2, 0.25) is 0 Å². The fourth-order valence-electron chi connectivity index (χ4n) is 1.38. The average molecular weight is 306 g/mol. The Bertz CT molecular complexity index is 441. The number of hydrogen-bond donors (Lipinski definition) is 1. The summed E-state index contributed by atoms with van der Waals surface area (Å²) >= 11 is 3.26. The quantitative estimate of drug-likeness (QED) is 0.909. The highest BCUT2D eigenvalue weighted by atomic mass is 79.9. The molecule has 1 aromatic carbocycles. The molecule has 0 aromatic heterocycles. The highest BCUT2D eigenvalue weighted by molar-refractivity contribution is 9.10. The van der Waals surface area contributed by atoms with Gasteiger partial charge >= 0.3 is 0 Å². The zero-order chi connectivity index (χ0) is 12.2. The van der Waals surface area contributed by atoms with Crippen LogP contribution in [0.3, 0.4) is 0 Å². The number of halogens is 1. The number of nitrogens with one attached hydrogen (secondary N) is 1. The molecule has 0 aliphatic carbocycles. The second-order valence-corrected chi connectivity index (χ2v) is 6.22. The third kappa shape index (κ3) is 3.57. The largest absolute Gasteiger partial charge is 0.240 e. The Balaban J connectivity index is 2.94. The molecular weight excluding hydrogens is 290 g/mol. The molecule has 1 N–H and O–H groups in total. The van der Waals surface area contributed by atoms with E-state index in [2.05, 4.69) is 20.7 Å². The molecule has 5 heteroatoms. The molecular formula is C11H16BrNO2S. The highest BCUT2D eigenvalue weighted by Crippen LogP contribution is 2.16. The van der Waals surface area contributed by atoms with Crippen molar-refractivity contribution in [2.45, 2.75) is 37.6 Å². The molecule has 0 amide bonds. The predicted molar refractivity (Wildman–Crippen MR) is 68.8 cm³/mol. The van der Waals surface area contributed by atoms with E-state index in [0.29, 0.717) is 4.90 Å². The summed E-state index contributed by atoms with van der Waals surface area (Å²) < 4.78 is 27.4. The van der Waals surface area contributed by atoms with Gasteiger partial charge in [-0.05, 0) is 31.0 Å². The lowest BCUT2D eigenvalue weighted by molar-refractivity contribution is 0.530. The van der Waals surface area contributed by atoms with Crippen LogP contribution in [0.25, 0.3) is 0 Å². The molecule has 0 unspecified atom stereocenters. The summed E-state index contributed by atoms with van der Waals surface area (Å²) in [6, 6.07) is 6.71. The fraction of sp³-hybridized carbons (Fsp3) is 0.455. The van der Waals surface area contributed by atoms with E-state index in [0.717, 1.165) is 17.3 Å². The van der Waals surface area contributed by atoms with Crippen molar-refractivity contribution < 1.29 is 8.42 Å². The highest BCUT2D eigenvalue weighted by Gasteiger charge is 2.17. The van der Waals surface area contributed by atoms with Gasteiger partial charge in [-0.15, -0.1) is 0 Å². The zero-order valence-electron chi connectivity index (χ0n) is 9.40. The van der Waals surface area contributed by atoms with Crippen LogP contribution in [0.4, 0.5) is 0 Å². The number of benzene rings is 1. The van der Waals surface area contributed by atoms with Gasteiger partial charge in [-0.1, -0.05) is 35.8 Å². The molecule has 0 spiro atoms. The molecule has 0 bridgehead atoms. The molecule has 0 atom stereocenters. The Morgan fingerprint density at radius 2 is 1.94 bits per heavy atom. The van der Waals surface area contributed by atoms with E-state index in [1.54, 1.807) is 24.3 Å². The van der Waals surface area contributed by atoms with Crippen LogP contribution in [0.15, 0.2) is 33.6 Å². The number of hydrogen-bond acceptors (Lipinski definition) is 2. The van der Waals surface area contributed by atoms with E-state index < -0.39 is 10.0 Å². The van der Waals surface area contributed by atoms with Crippen molar-refractivity contribution in [2.24, 2.45) is 0 Å². The lowest BCUT2D eigenvalue weighted by Gasteiger charge is -2.15. The van der Waals surface area contributed by atoms with Crippen molar-refractivity contribution in [1.29, 1.82) is 0 Å². The molecule has 16 heavy (non-hydrogen) atoms. The van der Waals surface area contributed by atoms with Crippen LogP contribution in [-0.2, 0) is 10.0 Å². The van der Waals surface area contributed by atoms with Crippen LogP contribution in [0.5, 0.6) is 0 Å². The third-order valence-corrected chi connectivity index (χ3v) is 4.43. The maximum atomic E-state index is 12.0. The van der Waals surface area contributed by atoms with E-state index in [1.807, 2.05) is 13.8 Å². The van der Waals surface area contributed by atoms with Crippen molar-refractivity contribution in [2.75, 3.05) is 0 Å². The van der Waals surface area contributed by atoms with Gasteiger partial charge in [0.1, 0.15) is 0 Å². The minimum absolute atomic E-state index is 0.00369. The van der Waals surface area contributed by atoms with Gasteiger partial charge in [0.2, 0.25) is 10.0 Å². The monoisotopic (exact) mass is 305 g/mol. The van der Waals surface area contributed by atoms with Gasteiger partial charge in [0.05, 0.1) is 4.90 Å². The lowest BCUT2D eigenvalue weighted by Crippen LogP contribution is -2.33. The van der Waals surface area contributed by atoms with Gasteiger partial charge in [-0.3, -0.25) is 0 Å². The van der Waals surface area contributed by atoms with Crippen molar-refractivity contribution in [1.82, 2.24) is 4.72 Å². The maximum Gasteiger partial charge on any atom is 0.240 e. The average Bonchev–Trinajstić information content (AvgIpc) is 2.26. The molecule has 1 rings (SSSR count). The smallest absolute Gasteiger partial charge is 0.208 e. The second kappa shape index (κ2) is 5.80. The second-order valence-electron chi connectivity index (χ2n) is 3.59. The predicted octanol–water partition coefficient (Wildman–Crippen LogP) is 2.92. The van der Waals surface area contributed by atoms with Crippen molar-refractivity contribution in [3.05, 3.63) is 28.7 Å². The van der Waals surface area contributed by atoms with Crippen LogP contribution >= 0.6 is 15.9 Å². The third-order valence-electron chi connectivity index (χ3n) is 2.41. The summed E-state index contributed by atoms with van der Waals surface area (Å²) in [6.07, 6.45) is 1.59. The van der Waals surface area contributed by atoms with Gasteiger partial charge in [-0.25, -0.2) is 13.1 Å². The van der Waals surface area contributed by atoms with Crippen LogP contribution in [0, 0.1) is 0 Å². The van der Waals surface area contributed by atoms with Crippen molar-refractivity contribution in [3.8, 4) is 0 Å². The summed E-state index contributed by atoms with van der Waals surface area (Å²) in [5.74, 6) is 0. The van der Waals surface area contributed by atoms with E-state index in [1.165, 1.54) is 0 Å². The molecule has 0 fully saturated rings. The summed E-state index contributed by atoms with van der Waals surface area (Å²) in [6.45, 7) is 3.94. The molecule has 0 saturated heterocycles. The fourth-order valence-corrected chi connectivity index (χ4v) is 3.38. The Labute approximate surface area is 105 Å². The molecule has 0 aliphatic rings. The van der Waals surface area contributed by atoms with Gasteiger partial charge in [-0.2, -0.15) is 0 Å². The number of sulfonamides is 1. The topological polar surface area (TPSA) is 46.2 Å². The first-order chi connectivity index (χ1) is 7.49. The molecule has 90 valence electrons. The van der Waals surface area contributed by atoms with Gasteiger partial charge in [0, 0.05) is 10.5 Å². The molecule has 1 aromatic rings. The first kappa shape index (κ1) is 13.7. The van der Waals surface area contributed by atoms with E-state index in [-0.39, 0.29) is 6.04 Å². The molecule has 0 aliphatic heterocycles. The van der Waals surface area contributed by atoms with Crippen molar-refractivity contribution >= 4 is 26.0 Å². The van der Waals surface area contributed by atoms with Crippen LogP contribution < -0.4 is 4.72 Å². The van der Waals surface area contributed by atoms with Gasteiger partial charge in [0.25, 0.3) is 0 Å². The standard InChI is InChI=1S/C11H16BrNO2S/c1-3-10(4-2)13-16(14,15)11-7-5-6-9(12)8-11/h5-8,10,13H,3-4H2,1-2H3.